The van der Waals surface area contributed by atoms with Crippen molar-refractivity contribution < 1.29 is 14.3 Å². The highest BCUT2D eigenvalue weighted by Crippen LogP contribution is 2.22. The molecule has 0 saturated heterocycles. The Hall–Kier alpha value is -1.55. The van der Waals surface area contributed by atoms with Crippen molar-refractivity contribution in [3.8, 4) is 5.75 Å². The summed E-state index contributed by atoms with van der Waals surface area (Å²) in [5.74, 6) is 0.625. The van der Waals surface area contributed by atoms with Crippen LogP contribution in [0.4, 0.5) is 5.69 Å². The minimum Gasteiger partial charge on any atom is -0.496 e. The molecule has 0 amide bonds. The summed E-state index contributed by atoms with van der Waals surface area (Å²) < 4.78 is 9.31. The van der Waals surface area contributed by atoms with E-state index in [1.54, 1.807) is 33.5 Å². The van der Waals surface area contributed by atoms with Gasteiger partial charge in [0.2, 0.25) is 0 Å². The molecule has 0 bridgehead atoms. The molecule has 0 saturated carbocycles. The first-order valence-corrected chi connectivity index (χ1v) is 4.87. The van der Waals surface area contributed by atoms with Gasteiger partial charge in [0.1, 0.15) is 5.75 Å². The number of hydrogen-bond donors (Lipinski definition) is 1. The van der Waals surface area contributed by atoms with Crippen molar-refractivity contribution in [2.45, 2.75) is 6.92 Å². The summed E-state index contributed by atoms with van der Waals surface area (Å²) in [6.45, 7) is 1.53. The van der Waals surface area contributed by atoms with Crippen molar-refractivity contribution in [3.63, 3.8) is 0 Å². The maximum atomic E-state index is 11.2. The van der Waals surface area contributed by atoms with Crippen LogP contribution in [-0.4, -0.2) is 34.2 Å². The zero-order chi connectivity index (χ0) is 12.6. The lowest BCUT2D eigenvalue weighted by Crippen LogP contribution is -1.99. The van der Waals surface area contributed by atoms with E-state index in [0.29, 0.717) is 11.3 Å². The second-order valence-corrected chi connectivity index (χ2v) is 3.13. The number of anilines is 1. The summed E-state index contributed by atoms with van der Waals surface area (Å²) in [4.78, 5) is 11.2. The molecule has 0 aliphatic carbocycles. The van der Waals surface area contributed by atoms with Gasteiger partial charge < -0.3 is 14.8 Å². The summed E-state index contributed by atoms with van der Waals surface area (Å²) in [5, 5.41) is 2.97. The molecular weight excluding hydrogens is 206 g/mol. The van der Waals surface area contributed by atoms with Gasteiger partial charge in [-0.05, 0) is 25.1 Å². The van der Waals surface area contributed by atoms with Gasteiger partial charge >= 0.3 is 0 Å². The molecular formula is C12H19NO3. The van der Waals surface area contributed by atoms with Gasteiger partial charge in [0.05, 0.1) is 12.7 Å². The Kier molecular flexibility index (Phi) is 6.96. The van der Waals surface area contributed by atoms with Gasteiger partial charge in [-0.25, -0.2) is 0 Å². The Morgan fingerprint density at radius 1 is 1.25 bits per heavy atom. The number of ether oxygens (including phenoxy) is 2. The maximum absolute atomic E-state index is 11.2. The van der Waals surface area contributed by atoms with Gasteiger partial charge in [-0.3, -0.25) is 4.79 Å². The maximum Gasteiger partial charge on any atom is 0.163 e. The fourth-order valence-corrected chi connectivity index (χ4v) is 1.14. The molecule has 1 N–H and O–H groups in total. The third-order valence-electron chi connectivity index (χ3n) is 1.87. The van der Waals surface area contributed by atoms with Crippen LogP contribution in [0.3, 0.4) is 0 Å². The zero-order valence-electron chi connectivity index (χ0n) is 10.5. The highest BCUT2D eigenvalue weighted by atomic mass is 16.5. The summed E-state index contributed by atoms with van der Waals surface area (Å²) in [5.41, 5.74) is 1.51. The SMILES string of the molecule is CNc1ccc(OC)c(C(C)=O)c1.COC. The van der Waals surface area contributed by atoms with E-state index in [1.807, 2.05) is 13.1 Å². The minimum absolute atomic E-state index is 0.00829. The molecule has 1 aromatic rings. The molecule has 4 heteroatoms. The summed E-state index contributed by atoms with van der Waals surface area (Å²) in [6.07, 6.45) is 0. The summed E-state index contributed by atoms with van der Waals surface area (Å²) >= 11 is 0. The molecule has 0 heterocycles. The van der Waals surface area contributed by atoms with Gasteiger partial charge in [0, 0.05) is 27.0 Å². The number of benzene rings is 1. The van der Waals surface area contributed by atoms with Crippen molar-refractivity contribution in [1.82, 2.24) is 0 Å². The first kappa shape index (κ1) is 14.5. The number of rotatable bonds is 3. The van der Waals surface area contributed by atoms with Crippen LogP contribution in [-0.2, 0) is 4.74 Å². The smallest absolute Gasteiger partial charge is 0.163 e. The lowest BCUT2D eigenvalue weighted by molar-refractivity contribution is 0.101. The van der Waals surface area contributed by atoms with E-state index in [0.717, 1.165) is 5.69 Å². The van der Waals surface area contributed by atoms with E-state index < -0.39 is 0 Å². The van der Waals surface area contributed by atoms with E-state index in [4.69, 9.17) is 4.74 Å². The Bertz CT molecular complexity index is 337. The Morgan fingerprint density at radius 3 is 2.19 bits per heavy atom. The van der Waals surface area contributed by atoms with Crippen LogP contribution in [0, 0.1) is 0 Å². The van der Waals surface area contributed by atoms with Gasteiger partial charge in [0.15, 0.2) is 5.78 Å². The average Bonchev–Trinajstić information content (AvgIpc) is 2.29. The van der Waals surface area contributed by atoms with E-state index >= 15 is 0 Å². The molecule has 1 aromatic carbocycles. The minimum atomic E-state index is 0.00829. The number of carbonyl (C=O) groups is 1. The predicted molar refractivity (Wildman–Crippen MR) is 65.5 cm³/mol. The number of hydrogen-bond acceptors (Lipinski definition) is 4. The number of Topliss-reactive ketones (excluding diaryl/α,β-unsaturated/α-hetero) is 1. The van der Waals surface area contributed by atoms with Crippen LogP contribution < -0.4 is 10.1 Å². The fourth-order valence-electron chi connectivity index (χ4n) is 1.14. The standard InChI is InChI=1S/C10H13NO2.C2H6O/c1-7(12)9-6-8(11-2)4-5-10(9)13-3;1-3-2/h4-6,11H,1-3H3;1-2H3. The van der Waals surface area contributed by atoms with Crippen molar-refractivity contribution in [2.75, 3.05) is 33.7 Å². The molecule has 1 rings (SSSR count). The summed E-state index contributed by atoms with van der Waals surface area (Å²) in [6, 6.07) is 5.43. The third-order valence-corrected chi connectivity index (χ3v) is 1.87. The number of ketones is 1. The zero-order valence-corrected chi connectivity index (χ0v) is 10.5. The molecule has 0 aliphatic heterocycles. The van der Waals surface area contributed by atoms with E-state index in [2.05, 4.69) is 10.1 Å². The van der Waals surface area contributed by atoms with Crippen molar-refractivity contribution in [3.05, 3.63) is 23.8 Å². The quantitative estimate of drug-likeness (QED) is 0.801. The second kappa shape index (κ2) is 7.70. The van der Waals surface area contributed by atoms with Gasteiger partial charge in [-0.2, -0.15) is 0 Å². The molecule has 90 valence electrons. The fraction of sp³-hybridized carbons (Fsp3) is 0.417. The van der Waals surface area contributed by atoms with Crippen molar-refractivity contribution in [1.29, 1.82) is 0 Å². The van der Waals surface area contributed by atoms with Crippen LogP contribution in [0.2, 0.25) is 0 Å². The van der Waals surface area contributed by atoms with Gasteiger partial charge in [-0.15, -0.1) is 0 Å². The van der Waals surface area contributed by atoms with Gasteiger partial charge in [0.25, 0.3) is 0 Å². The van der Waals surface area contributed by atoms with Gasteiger partial charge in [-0.1, -0.05) is 0 Å². The monoisotopic (exact) mass is 225 g/mol. The van der Waals surface area contributed by atoms with E-state index in [9.17, 15) is 4.79 Å². The molecule has 0 atom stereocenters. The van der Waals surface area contributed by atoms with Crippen LogP contribution in [0.15, 0.2) is 18.2 Å². The Balaban J connectivity index is 0.000000673. The Morgan fingerprint density at radius 2 is 1.81 bits per heavy atom. The van der Waals surface area contributed by atoms with E-state index in [1.165, 1.54) is 6.92 Å². The molecule has 16 heavy (non-hydrogen) atoms. The molecule has 0 radical (unpaired) electrons. The Labute approximate surface area is 96.6 Å². The lowest BCUT2D eigenvalue weighted by Gasteiger charge is -2.07. The van der Waals surface area contributed by atoms with Crippen LogP contribution in [0.5, 0.6) is 5.75 Å². The van der Waals surface area contributed by atoms with Crippen LogP contribution in [0.25, 0.3) is 0 Å². The first-order valence-electron chi connectivity index (χ1n) is 4.87. The second-order valence-electron chi connectivity index (χ2n) is 3.13. The number of methoxy groups -OCH3 is 2. The number of nitrogens with one attached hydrogen (secondary N) is 1. The lowest BCUT2D eigenvalue weighted by atomic mass is 10.1. The summed E-state index contributed by atoms with van der Waals surface area (Å²) in [7, 11) is 6.62. The number of carbonyl (C=O) groups excluding carboxylic acids is 1. The van der Waals surface area contributed by atoms with Crippen LogP contribution >= 0.6 is 0 Å². The highest BCUT2D eigenvalue weighted by Gasteiger charge is 2.07. The molecule has 0 unspecified atom stereocenters. The third kappa shape index (κ3) is 4.31. The van der Waals surface area contributed by atoms with Crippen molar-refractivity contribution in [2.24, 2.45) is 0 Å². The largest absolute Gasteiger partial charge is 0.496 e. The highest BCUT2D eigenvalue weighted by molar-refractivity contribution is 5.97. The average molecular weight is 225 g/mol. The van der Waals surface area contributed by atoms with Crippen molar-refractivity contribution >= 4 is 11.5 Å². The molecule has 0 aliphatic rings. The predicted octanol–water partition coefficient (Wildman–Crippen LogP) is 2.20. The topological polar surface area (TPSA) is 47.6 Å². The molecule has 0 fully saturated rings. The normalized spacial score (nSPS) is 8.81. The molecule has 4 nitrogen and oxygen atoms in total. The molecule has 0 spiro atoms. The molecule has 0 aromatic heterocycles. The van der Waals surface area contributed by atoms with Crippen LogP contribution in [0.1, 0.15) is 17.3 Å². The van der Waals surface area contributed by atoms with E-state index in [-0.39, 0.29) is 5.78 Å². The first-order chi connectivity index (χ1) is 7.60.